The number of halogens is 5. The van der Waals surface area contributed by atoms with Crippen molar-refractivity contribution in [2.24, 2.45) is 5.41 Å². The van der Waals surface area contributed by atoms with E-state index in [2.05, 4.69) is 10.2 Å². The maximum atomic E-state index is 14.1. The lowest BCUT2D eigenvalue weighted by atomic mass is 9.80. The van der Waals surface area contributed by atoms with E-state index in [-0.39, 0.29) is 35.8 Å². The highest BCUT2D eigenvalue weighted by Gasteiger charge is 2.36. The van der Waals surface area contributed by atoms with Gasteiger partial charge >= 0.3 is 0 Å². The lowest BCUT2D eigenvalue weighted by molar-refractivity contribution is 0.0803. The first-order chi connectivity index (χ1) is 9.30. The normalized spacial score (nSPS) is 17.4. The van der Waals surface area contributed by atoms with Gasteiger partial charge in [0.2, 0.25) is 0 Å². The first-order valence-corrected chi connectivity index (χ1v) is 6.90. The van der Waals surface area contributed by atoms with Crippen LogP contribution in [0.2, 0.25) is 0 Å². The molecule has 0 radical (unpaired) electrons. The molecule has 1 fully saturated rings. The zero-order valence-electron chi connectivity index (χ0n) is 13.0. The van der Waals surface area contributed by atoms with Crippen molar-refractivity contribution in [2.45, 2.75) is 26.8 Å². The highest BCUT2D eigenvalue weighted by Crippen LogP contribution is 2.40. The number of benzene rings is 1. The summed E-state index contributed by atoms with van der Waals surface area (Å²) < 4.78 is 41.4. The van der Waals surface area contributed by atoms with Crippen LogP contribution >= 0.6 is 24.8 Å². The number of piperazine rings is 1. The highest BCUT2D eigenvalue weighted by molar-refractivity contribution is 5.85. The molecule has 0 spiro atoms. The van der Waals surface area contributed by atoms with Crippen LogP contribution in [0.1, 0.15) is 32.4 Å². The zero-order chi connectivity index (χ0) is 14.9. The third-order valence-electron chi connectivity index (χ3n) is 3.65. The smallest absolute Gasteiger partial charge is 0.133 e. The summed E-state index contributed by atoms with van der Waals surface area (Å²) >= 11 is 0. The average molecular weight is 359 g/mol. The summed E-state index contributed by atoms with van der Waals surface area (Å²) in [6.07, 6.45) is 0. The van der Waals surface area contributed by atoms with Gasteiger partial charge in [0, 0.05) is 49.9 Å². The van der Waals surface area contributed by atoms with Gasteiger partial charge in [-0.3, -0.25) is 4.90 Å². The summed E-state index contributed by atoms with van der Waals surface area (Å²) in [4.78, 5) is 2.07. The Bertz CT molecular complexity index is 463. The van der Waals surface area contributed by atoms with E-state index in [1.165, 1.54) is 0 Å². The minimum atomic E-state index is -0.878. The number of rotatable bonds is 2. The molecule has 22 heavy (non-hydrogen) atoms. The van der Waals surface area contributed by atoms with Crippen molar-refractivity contribution in [1.82, 2.24) is 10.2 Å². The Morgan fingerprint density at radius 1 is 1.00 bits per heavy atom. The van der Waals surface area contributed by atoms with Crippen LogP contribution in [0.25, 0.3) is 0 Å². The van der Waals surface area contributed by atoms with E-state index in [1.54, 1.807) is 0 Å². The molecule has 1 atom stereocenters. The fourth-order valence-electron chi connectivity index (χ4n) is 2.92. The van der Waals surface area contributed by atoms with E-state index in [0.29, 0.717) is 0 Å². The highest BCUT2D eigenvalue weighted by atomic mass is 35.5. The first kappa shape index (κ1) is 21.5. The second-order valence-electron chi connectivity index (χ2n) is 6.34. The molecule has 2 rings (SSSR count). The van der Waals surface area contributed by atoms with Gasteiger partial charge in [-0.25, -0.2) is 13.2 Å². The molecule has 1 heterocycles. The van der Waals surface area contributed by atoms with Crippen LogP contribution in [0.4, 0.5) is 13.2 Å². The molecule has 1 N–H and O–H groups in total. The molecule has 2 nitrogen and oxygen atoms in total. The van der Waals surface area contributed by atoms with Crippen LogP contribution in [0, 0.1) is 22.9 Å². The summed E-state index contributed by atoms with van der Waals surface area (Å²) in [5.41, 5.74) is -0.377. The number of nitrogens with zero attached hydrogens (tertiary/aromatic N) is 1. The minimum absolute atomic E-state index is 0. The van der Waals surface area contributed by atoms with Crippen LogP contribution in [-0.2, 0) is 0 Å². The van der Waals surface area contributed by atoms with Crippen LogP contribution in [0.3, 0.4) is 0 Å². The van der Waals surface area contributed by atoms with Gasteiger partial charge < -0.3 is 5.32 Å². The summed E-state index contributed by atoms with van der Waals surface area (Å²) in [7, 11) is 0. The third-order valence-corrected chi connectivity index (χ3v) is 3.65. The predicted octanol–water partition coefficient (Wildman–Crippen LogP) is 3.94. The van der Waals surface area contributed by atoms with Gasteiger partial charge in [-0.2, -0.15) is 0 Å². The molecule has 7 heteroatoms. The van der Waals surface area contributed by atoms with E-state index in [0.717, 1.165) is 38.3 Å². The Balaban J connectivity index is 0.00000220. The van der Waals surface area contributed by atoms with Gasteiger partial charge in [-0.15, -0.1) is 24.8 Å². The van der Waals surface area contributed by atoms with Gasteiger partial charge in [-0.1, -0.05) is 20.8 Å². The first-order valence-electron chi connectivity index (χ1n) is 6.90. The summed E-state index contributed by atoms with van der Waals surface area (Å²) in [6, 6.07) is 1.11. The molecule has 0 aliphatic carbocycles. The Morgan fingerprint density at radius 2 is 1.45 bits per heavy atom. The molecule has 0 aromatic heterocycles. The van der Waals surface area contributed by atoms with Gasteiger partial charge in [0.05, 0.1) is 0 Å². The lowest BCUT2D eigenvalue weighted by Gasteiger charge is -2.42. The number of hydrogen-bond acceptors (Lipinski definition) is 2. The maximum Gasteiger partial charge on any atom is 0.133 e. The summed E-state index contributed by atoms with van der Waals surface area (Å²) in [5, 5.41) is 3.22. The second-order valence-corrected chi connectivity index (χ2v) is 6.34. The molecule has 1 aliphatic rings. The number of hydrogen-bond donors (Lipinski definition) is 1. The van der Waals surface area contributed by atoms with Gasteiger partial charge in [0.25, 0.3) is 0 Å². The SMILES string of the molecule is CC(C)(C)[C@H](c1c(F)cc(F)cc1F)N1CCNCC1.Cl.Cl. The predicted molar refractivity (Wildman–Crippen MR) is 87.5 cm³/mol. The van der Waals surface area contributed by atoms with Crippen LogP contribution in [-0.4, -0.2) is 31.1 Å². The van der Waals surface area contributed by atoms with Crippen LogP contribution in [0.5, 0.6) is 0 Å². The standard InChI is InChI=1S/C15H21F3N2.2ClH/c1-15(2,3)14(20-6-4-19-5-7-20)13-11(17)8-10(16)9-12(13)18;;/h8-9,14,19H,4-7H2,1-3H3;2*1H/t14-;;/m0../s1. The van der Waals surface area contributed by atoms with Crippen molar-refractivity contribution >= 4 is 24.8 Å². The van der Waals surface area contributed by atoms with Crippen molar-refractivity contribution in [2.75, 3.05) is 26.2 Å². The Morgan fingerprint density at radius 3 is 1.86 bits per heavy atom. The van der Waals surface area contributed by atoms with Crippen molar-refractivity contribution < 1.29 is 13.2 Å². The molecule has 1 aromatic rings. The van der Waals surface area contributed by atoms with Gasteiger partial charge in [0.15, 0.2) is 0 Å². The Kier molecular flexibility index (Phi) is 8.20. The molecule has 0 bridgehead atoms. The van der Waals surface area contributed by atoms with E-state index in [9.17, 15) is 13.2 Å². The van der Waals surface area contributed by atoms with E-state index >= 15 is 0 Å². The van der Waals surface area contributed by atoms with Crippen molar-refractivity contribution in [1.29, 1.82) is 0 Å². The van der Waals surface area contributed by atoms with E-state index in [4.69, 9.17) is 0 Å². The number of nitrogens with one attached hydrogen (secondary N) is 1. The molecule has 128 valence electrons. The van der Waals surface area contributed by atoms with E-state index < -0.39 is 23.5 Å². The molecule has 1 aromatic carbocycles. The minimum Gasteiger partial charge on any atom is -0.314 e. The monoisotopic (exact) mass is 358 g/mol. The molecule has 0 amide bonds. The quantitative estimate of drug-likeness (QED) is 0.861. The lowest BCUT2D eigenvalue weighted by Crippen LogP contribution is -2.48. The molecule has 0 saturated carbocycles. The summed E-state index contributed by atoms with van der Waals surface area (Å²) in [6.45, 7) is 8.86. The third kappa shape index (κ3) is 4.75. The molecule has 0 unspecified atom stereocenters. The van der Waals surface area contributed by atoms with Crippen molar-refractivity contribution in [3.05, 3.63) is 35.1 Å². The Labute approximate surface area is 142 Å². The summed E-state index contributed by atoms with van der Waals surface area (Å²) in [5.74, 6) is -2.49. The molecule has 1 aliphatic heterocycles. The molecular weight excluding hydrogens is 336 g/mol. The maximum absolute atomic E-state index is 14.1. The van der Waals surface area contributed by atoms with Crippen molar-refractivity contribution in [3.8, 4) is 0 Å². The van der Waals surface area contributed by atoms with Gasteiger partial charge in [0.1, 0.15) is 17.5 Å². The average Bonchev–Trinajstić information content (AvgIpc) is 2.33. The fraction of sp³-hybridized carbons (Fsp3) is 0.600. The van der Waals surface area contributed by atoms with E-state index in [1.807, 2.05) is 20.8 Å². The van der Waals surface area contributed by atoms with Crippen molar-refractivity contribution in [3.63, 3.8) is 0 Å². The van der Waals surface area contributed by atoms with Gasteiger partial charge in [-0.05, 0) is 5.41 Å². The molecule has 1 saturated heterocycles. The van der Waals surface area contributed by atoms with Crippen LogP contribution < -0.4 is 5.32 Å². The zero-order valence-corrected chi connectivity index (χ0v) is 14.6. The van der Waals surface area contributed by atoms with Crippen LogP contribution in [0.15, 0.2) is 12.1 Å². The second kappa shape index (κ2) is 8.39. The largest absolute Gasteiger partial charge is 0.314 e. The Hall–Kier alpha value is -0.490. The fourth-order valence-corrected chi connectivity index (χ4v) is 2.92. The molecular formula is C15H23Cl2F3N2. The topological polar surface area (TPSA) is 15.3 Å².